The number of aryl methyl sites for hydroxylation is 1. The van der Waals surface area contributed by atoms with E-state index >= 15 is 0 Å². The van der Waals surface area contributed by atoms with Crippen LogP contribution in [0, 0.1) is 12.8 Å². The van der Waals surface area contributed by atoms with Crippen LogP contribution in [0.1, 0.15) is 50.5 Å². The van der Waals surface area contributed by atoms with Gasteiger partial charge in [0.15, 0.2) is 0 Å². The standard InChI is InChI=1S/C16H28N2O/c1-12(2)17-11-14-7-5-6-9-18(4)15(14)16-13(3)8-10-19-16/h8,10,12,14-15,17H,5-7,9,11H2,1-4H3. The summed E-state index contributed by atoms with van der Waals surface area (Å²) in [6.07, 6.45) is 5.74. The summed E-state index contributed by atoms with van der Waals surface area (Å²) in [5.74, 6) is 1.81. The van der Waals surface area contributed by atoms with Crippen LogP contribution in [0.2, 0.25) is 0 Å². The first-order valence-corrected chi connectivity index (χ1v) is 7.57. The minimum atomic E-state index is 0.420. The highest BCUT2D eigenvalue weighted by Gasteiger charge is 2.31. The zero-order valence-electron chi connectivity index (χ0n) is 12.8. The lowest BCUT2D eigenvalue weighted by molar-refractivity contribution is 0.160. The second-order valence-corrected chi connectivity index (χ2v) is 6.21. The van der Waals surface area contributed by atoms with E-state index in [9.17, 15) is 0 Å². The molecular weight excluding hydrogens is 236 g/mol. The Morgan fingerprint density at radius 3 is 2.84 bits per heavy atom. The van der Waals surface area contributed by atoms with E-state index in [-0.39, 0.29) is 0 Å². The van der Waals surface area contributed by atoms with Crippen molar-refractivity contribution in [1.82, 2.24) is 10.2 Å². The molecule has 1 saturated heterocycles. The molecule has 1 aromatic heterocycles. The van der Waals surface area contributed by atoms with Crippen molar-refractivity contribution in [3.05, 3.63) is 23.7 Å². The van der Waals surface area contributed by atoms with Crippen LogP contribution in [0.5, 0.6) is 0 Å². The van der Waals surface area contributed by atoms with Crippen molar-refractivity contribution in [2.75, 3.05) is 20.1 Å². The lowest BCUT2D eigenvalue weighted by Gasteiger charge is -2.32. The first-order valence-electron chi connectivity index (χ1n) is 7.57. The molecule has 2 heterocycles. The Balaban J connectivity index is 2.18. The van der Waals surface area contributed by atoms with E-state index in [0.29, 0.717) is 18.0 Å². The molecule has 0 bridgehead atoms. The average molecular weight is 264 g/mol. The number of nitrogens with one attached hydrogen (secondary N) is 1. The van der Waals surface area contributed by atoms with Crippen LogP contribution in [0.3, 0.4) is 0 Å². The van der Waals surface area contributed by atoms with Crippen LogP contribution in [0.15, 0.2) is 16.7 Å². The molecule has 19 heavy (non-hydrogen) atoms. The van der Waals surface area contributed by atoms with Crippen molar-refractivity contribution < 1.29 is 4.42 Å². The highest BCUT2D eigenvalue weighted by molar-refractivity contribution is 5.19. The van der Waals surface area contributed by atoms with E-state index < -0.39 is 0 Å². The van der Waals surface area contributed by atoms with Gasteiger partial charge in [-0.15, -0.1) is 0 Å². The second-order valence-electron chi connectivity index (χ2n) is 6.21. The number of nitrogens with zero attached hydrogens (tertiary/aromatic N) is 1. The van der Waals surface area contributed by atoms with E-state index in [1.165, 1.54) is 37.1 Å². The molecule has 1 fully saturated rings. The van der Waals surface area contributed by atoms with E-state index in [1.807, 2.05) is 6.26 Å². The quantitative estimate of drug-likeness (QED) is 0.904. The maximum Gasteiger partial charge on any atom is 0.124 e. The molecular formula is C16H28N2O. The Hall–Kier alpha value is -0.800. The molecule has 2 atom stereocenters. The van der Waals surface area contributed by atoms with Gasteiger partial charge in [0.05, 0.1) is 12.3 Å². The smallest absolute Gasteiger partial charge is 0.124 e. The Bertz CT molecular complexity index is 386. The highest BCUT2D eigenvalue weighted by Crippen LogP contribution is 2.35. The van der Waals surface area contributed by atoms with Gasteiger partial charge < -0.3 is 9.73 Å². The lowest BCUT2D eigenvalue weighted by atomic mass is 9.91. The fraction of sp³-hybridized carbons (Fsp3) is 0.750. The van der Waals surface area contributed by atoms with Crippen LogP contribution >= 0.6 is 0 Å². The van der Waals surface area contributed by atoms with Crippen molar-refractivity contribution in [3.63, 3.8) is 0 Å². The van der Waals surface area contributed by atoms with Gasteiger partial charge in [-0.25, -0.2) is 0 Å². The molecule has 1 aliphatic rings. The summed E-state index contributed by atoms with van der Waals surface area (Å²) < 4.78 is 5.80. The van der Waals surface area contributed by atoms with E-state index in [4.69, 9.17) is 4.42 Å². The molecule has 108 valence electrons. The molecule has 3 nitrogen and oxygen atoms in total. The van der Waals surface area contributed by atoms with Gasteiger partial charge in [-0.05, 0) is 50.9 Å². The van der Waals surface area contributed by atoms with Gasteiger partial charge in [-0.1, -0.05) is 20.3 Å². The maximum atomic E-state index is 5.80. The van der Waals surface area contributed by atoms with Crippen molar-refractivity contribution in [1.29, 1.82) is 0 Å². The van der Waals surface area contributed by atoms with Crippen molar-refractivity contribution >= 4 is 0 Å². The minimum Gasteiger partial charge on any atom is -0.467 e. The first-order chi connectivity index (χ1) is 9.09. The molecule has 0 spiro atoms. The lowest BCUT2D eigenvalue weighted by Crippen LogP contribution is -2.37. The summed E-state index contributed by atoms with van der Waals surface area (Å²) in [6.45, 7) is 8.83. The second kappa shape index (κ2) is 6.58. The fourth-order valence-electron chi connectivity index (χ4n) is 3.13. The van der Waals surface area contributed by atoms with Crippen molar-refractivity contribution in [2.45, 2.75) is 52.1 Å². The highest BCUT2D eigenvalue weighted by atomic mass is 16.3. The Kier molecular flexibility index (Phi) is 5.06. The summed E-state index contributed by atoms with van der Waals surface area (Å²) in [6, 6.07) is 3.05. The molecule has 0 radical (unpaired) electrons. The van der Waals surface area contributed by atoms with E-state index in [1.54, 1.807) is 0 Å². The number of hydrogen-bond donors (Lipinski definition) is 1. The van der Waals surface area contributed by atoms with Crippen molar-refractivity contribution in [2.24, 2.45) is 5.92 Å². The topological polar surface area (TPSA) is 28.4 Å². The van der Waals surface area contributed by atoms with Crippen LogP contribution in [0.25, 0.3) is 0 Å². The Morgan fingerprint density at radius 1 is 1.42 bits per heavy atom. The summed E-state index contributed by atoms with van der Waals surface area (Å²) >= 11 is 0. The molecule has 0 saturated carbocycles. The third-order valence-corrected chi connectivity index (χ3v) is 4.22. The van der Waals surface area contributed by atoms with Crippen LogP contribution in [-0.2, 0) is 0 Å². The van der Waals surface area contributed by atoms with E-state index in [2.05, 4.69) is 44.1 Å². The summed E-state index contributed by atoms with van der Waals surface area (Å²) in [7, 11) is 2.24. The summed E-state index contributed by atoms with van der Waals surface area (Å²) in [4.78, 5) is 2.48. The van der Waals surface area contributed by atoms with Gasteiger partial charge >= 0.3 is 0 Å². The Morgan fingerprint density at radius 2 is 2.21 bits per heavy atom. The molecule has 1 aliphatic heterocycles. The normalized spacial score (nSPS) is 25.7. The van der Waals surface area contributed by atoms with Gasteiger partial charge in [-0.3, -0.25) is 4.90 Å². The third-order valence-electron chi connectivity index (χ3n) is 4.22. The average Bonchev–Trinajstić information content (AvgIpc) is 2.68. The summed E-state index contributed by atoms with van der Waals surface area (Å²) in [5.41, 5.74) is 1.29. The molecule has 2 rings (SSSR count). The molecule has 1 aromatic rings. The Labute approximate surface area is 117 Å². The molecule has 2 unspecified atom stereocenters. The van der Waals surface area contributed by atoms with Crippen LogP contribution < -0.4 is 5.32 Å². The number of hydrogen-bond acceptors (Lipinski definition) is 3. The maximum absolute atomic E-state index is 5.80. The van der Waals surface area contributed by atoms with Crippen molar-refractivity contribution in [3.8, 4) is 0 Å². The van der Waals surface area contributed by atoms with Crippen LogP contribution in [0.4, 0.5) is 0 Å². The first kappa shape index (κ1) is 14.6. The van der Waals surface area contributed by atoms with Crippen LogP contribution in [-0.4, -0.2) is 31.1 Å². The molecule has 0 amide bonds. The van der Waals surface area contributed by atoms with Gasteiger partial charge in [-0.2, -0.15) is 0 Å². The summed E-state index contributed by atoms with van der Waals surface area (Å²) in [5, 5.41) is 3.61. The van der Waals surface area contributed by atoms with E-state index in [0.717, 1.165) is 6.54 Å². The molecule has 3 heteroatoms. The zero-order valence-corrected chi connectivity index (χ0v) is 12.8. The van der Waals surface area contributed by atoms with Gasteiger partial charge in [0.25, 0.3) is 0 Å². The zero-order chi connectivity index (χ0) is 13.8. The number of furan rings is 1. The monoisotopic (exact) mass is 264 g/mol. The number of rotatable bonds is 4. The van der Waals surface area contributed by atoms with Gasteiger partial charge in [0.1, 0.15) is 5.76 Å². The largest absolute Gasteiger partial charge is 0.467 e. The minimum absolute atomic E-state index is 0.420. The third kappa shape index (κ3) is 3.61. The van der Waals surface area contributed by atoms with Gasteiger partial charge in [0, 0.05) is 12.6 Å². The van der Waals surface area contributed by atoms with Gasteiger partial charge in [0.2, 0.25) is 0 Å². The fourth-order valence-corrected chi connectivity index (χ4v) is 3.13. The number of likely N-dealkylation sites (tertiary alicyclic amines) is 1. The molecule has 1 N–H and O–H groups in total. The SMILES string of the molecule is Cc1ccoc1C1C(CNC(C)C)CCCCN1C. The molecule has 0 aliphatic carbocycles. The predicted octanol–water partition coefficient (Wildman–Crippen LogP) is 3.36. The predicted molar refractivity (Wildman–Crippen MR) is 79.3 cm³/mol. The molecule has 0 aromatic carbocycles.